The summed E-state index contributed by atoms with van der Waals surface area (Å²) in [6.45, 7) is 3.42. The van der Waals surface area contributed by atoms with Crippen LogP contribution in [-0.2, 0) is 13.0 Å². The Morgan fingerprint density at radius 3 is 2.45 bits per heavy atom. The van der Waals surface area contributed by atoms with Crippen molar-refractivity contribution in [1.29, 1.82) is 0 Å². The summed E-state index contributed by atoms with van der Waals surface area (Å²) >= 11 is 5.90. The Bertz CT molecular complexity index is 536. The highest BCUT2D eigenvalue weighted by molar-refractivity contribution is 6.30. The van der Waals surface area contributed by atoms with Crippen LogP contribution in [0.25, 0.3) is 0 Å². The lowest BCUT2D eigenvalue weighted by molar-refractivity contribution is 0.210. The summed E-state index contributed by atoms with van der Waals surface area (Å²) in [6.07, 6.45) is 0.901. The summed E-state index contributed by atoms with van der Waals surface area (Å²) in [5, 5.41) is 0.755. The molecule has 0 aliphatic heterocycles. The molecule has 2 N–H and O–H groups in total. The van der Waals surface area contributed by atoms with Crippen LogP contribution >= 0.6 is 11.6 Å². The van der Waals surface area contributed by atoms with Crippen LogP contribution in [0.2, 0.25) is 5.02 Å². The Kier molecular flexibility index (Phi) is 5.24. The fourth-order valence-corrected chi connectivity index (χ4v) is 2.39. The van der Waals surface area contributed by atoms with Crippen molar-refractivity contribution in [2.45, 2.75) is 25.9 Å². The normalized spacial score (nSPS) is 12.8. The van der Waals surface area contributed by atoms with Crippen LogP contribution in [0.4, 0.5) is 0 Å². The molecule has 1 heterocycles. The minimum atomic E-state index is 0.0889. The van der Waals surface area contributed by atoms with Gasteiger partial charge >= 0.3 is 0 Å². The van der Waals surface area contributed by atoms with Gasteiger partial charge in [-0.25, -0.2) is 0 Å². The average Bonchev–Trinajstić information content (AvgIpc) is 2.91. The summed E-state index contributed by atoms with van der Waals surface area (Å²) in [5.41, 5.74) is 7.12. The van der Waals surface area contributed by atoms with Gasteiger partial charge in [-0.05, 0) is 36.9 Å². The molecule has 1 atom stereocenters. The first-order valence-electron chi connectivity index (χ1n) is 6.87. The molecule has 3 nitrogen and oxygen atoms in total. The monoisotopic (exact) mass is 292 g/mol. The molecule has 0 saturated heterocycles. The van der Waals surface area contributed by atoms with Crippen LogP contribution in [0.3, 0.4) is 0 Å². The average molecular weight is 293 g/mol. The molecule has 108 valence electrons. The highest BCUT2D eigenvalue weighted by Gasteiger charge is 2.19. The van der Waals surface area contributed by atoms with Crippen LogP contribution in [0.5, 0.6) is 0 Å². The fourth-order valence-electron chi connectivity index (χ4n) is 2.26. The van der Waals surface area contributed by atoms with E-state index in [2.05, 4.69) is 18.9 Å². The maximum atomic E-state index is 5.91. The number of nitrogens with two attached hydrogens (primary N) is 1. The Morgan fingerprint density at radius 1 is 1.20 bits per heavy atom. The minimum absolute atomic E-state index is 0.0889. The van der Waals surface area contributed by atoms with Gasteiger partial charge < -0.3 is 10.2 Å². The minimum Gasteiger partial charge on any atom is -0.464 e. The van der Waals surface area contributed by atoms with Gasteiger partial charge in [0.2, 0.25) is 0 Å². The SMILES string of the molecule is CCc1ccc(C(CN)N(C)Cc2ccc(Cl)cc2)o1. The third kappa shape index (κ3) is 3.63. The molecule has 2 rings (SSSR count). The molecule has 4 heteroatoms. The van der Waals surface area contributed by atoms with Crippen LogP contribution in [0.15, 0.2) is 40.8 Å². The first-order chi connectivity index (χ1) is 9.63. The number of rotatable bonds is 6. The topological polar surface area (TPSA) is 42.4 Å². The molecule has 2 aromatic rings. The summed E-state index contributed by atoms with van der Waals surface area (Å²) in [6, 6.07) is 12.0. The quantitative estimate of drug-likeness (QED) is 0.884. The van der Waals surface area contributed by atoms with E-state index in [-0.39, 0.29) is 6.04 Å². The van der Waals surface area contributed by atoms with E-state index in [9.17, 15) is 0 Å². The van der Waals surface area contributed by atoms with Gasteiger partial charge in [0.1, 0.15) is 11.5 Å². The lowest BCUT2D eigenvalue weighted by Crippen LogP contribution is -2.29. The first-order valence-corrected chi connectivity index (χ1v) is 7.25. The number of likely N-dealkylation sites (N-methyl/N-ethyl adjacent to an activating group) is 1. The molecule has 1 aromatic heterocycles. The van der Waals surface area contributed by atoms with Gasteiger partial charge in [0.15, 0.2) is 0 Å². The van der Waals surface area contributed by atoms with Crippen molar-refractivity contribution < 1.29 is 4.42 Å². The van der Waals surface area contributed by atoms with E-state index < -0.39 is 0 Å². The second-order valence-electron chi connectivity index (χ2n) is 4.95. The number of benzene rings is 1. The van der Waals surface area contributed by atoms with Crippen molar-refractivity contribution in [2.24, 2.45) is 5.73 Å². The number of halogens is 1. The summed E-state index contributed by atoms with van der Waals surface area (Å²) in [7, 11) is 2.06. The van der Waals surface area contributed by atoms with Crippen LogP contribution in [0.1, 0.15) is 30.0 Å². The molecule has 0 aliphatic carbocycles. The smallest absolute Gasteiger partial charge is 0.122 e. The maximum absolute atomic E-state index is 5.91. The van der Waals surface area contributed by atoms with Crippen LogP contribution < -0.4 is 5.73 Å². The molecule has 0 aliphatic rings. The predicted molar refractivity (Wildman–Crippen MR) is 82.8 cm³/mol. The highest BCUT2D eigenvalue weighted by Crippen LogP contribution is 2.23. The van der Waals surface area contributed by atoms with Gasteiger partial charge in [0.05, 0.1) is 6.04 Å². The van der Waals surface area contributed by atoms with Gasteiger partial charge in [-0.3, -0.25) is 4.90 Å². The Labute approximate surface area is 125 Å². The van der Waals surface area contributed by atoms with Gasteiger partial charge in [-0.2, -0.15) is 0 Å². The zero-order valence-electron chi connectivity index (χ0n) is 12.0. The van der Waals surface area contributed by atoms with Gasteiger partial charge in [0, 0.05) is 24.5 Å². The van der Waals surface area contributed by atoms with Crippen molar-refractivity contribution in [3.63, 3.8) is 0 Å². The number of hydrogen-bond acceptors (Lipinski definition) is 3. The largest absolute Gasteiger partial charge is 0.464 e. The van der Waals surface area contributed by atoms with Crippen LogP contribution in [-0.4, -0.2) is 18.5 Å². The molecule has 0 amide bonds. The summed E-state index contributed by atoms with van der Waals surface area (Å²) in [5.74, 6) is 1.93. The van der Waals surface area contributed by atoms with Crippen molar-refractivity contribution in [1.82, 2.24) is 4.90 Å². The number of nitrogens with zero attached hydrogens (tertiary/aromatic N) is 1. The molecule has 1 unspecified atom stereocenters. The zero-order chi connectivity index (χ0) is 14.5. The molecule has 0 spiro atoms. The van der Waals surface area contributed by atoms with Gasteiger partial charge in [0.25, 0.3) is 0 Å². The summed E-state index contributed by atoms with van der Waals surface area (Å²) < 4.78 is 5.82. The molecular weight excluding hydrogens is 272 g/mol. The maximum Gasteiger partial charge on any atom is 0.122 e. The molecule has 0 radical (unpaired) electrons. The second kappa shape index (κ2) is 6.93. The summed E-state index contributed by atoms with van der Waals surface area (Å²) in [4.78, 5) is 2.20. The van der Waals surface area contributed by atoms with Crippen molar-refractivity contribution in [3.05, 3.63) is 58.5 Å². The van der Waals surface area contributed by atoms with E-state index >= 15 is 0 Å². The molecule has 0 bridgehead atoms. The molecule has 20 heavy (non-hydrogen) atoms. The molecular formula is C16H21ClN2O. The lowest BCUT2D eigenvalue weighted by atomic mass is 10.1. The Hall–Kier alpha value is -1.29. The molecule has 1 aromatic carbocycles. The second-order valence-corrected chi connectivity index (χ2v) is 5.39. The number of aryl methyl sites for hydroxylation is 1. The zero-order valence-corrected chi connectivity index (χ0v) is 12.7. The van der Waals surface area contributed by atoms with E-state index in [1.54, 1.807) is 0 Å². The van der Waals surface area contributed by atoms with E-state index in [1.165, 1.54) is 5.56 Å². The standard InChI is InChI=1S/C16H21ClN2O/c1-3-14-8-9-16(20-14)15(10-18)19(2)11-12-4-6-13(17)7-5-12/h4-9,15H,3,10-11,18H2,1-2H3. The van der Waals surface area contributed by atoms with Crippen LogP contribution in [0, 0.1) is 0 Å². The molecule has 0 fully saturated rings. The van der Waals surface area contributed by atoms with E-state index in [1.807, 2.05) is 36.4 Å². The van der Waals surface area contributed by atoms with Crippen molar-refractivity contribution in [3.8, 4) is 0 Å². The van der Waals surface area contributed by atoms with Crippen molar-refractivity contribution in [2.75, 3.05) is 13.6 Å². The van der Waals surface area contributed by atoms with E-state index in [4.69, 9.17) is 21.8 Å². The van der Waals surface area contributed by atoms with Crippen molar-refractivity contribution >= 4 is 11.6 Å². The first kappa shape index (κ1) is 15.1. The number of furan rings is 1. The highest BCUT2D eigenvalue weighted by atomic mass is 35.5. The van der Waals surface area contributed by atoms with Gasteiger partial charge in [-0.1, -0.05) is 30.7 Å². The van der Waals surface area contributed by atoms with Gasteiger partial charge in [-0.15, -0.1) is 0 Å². The third-order valence-electron chi connectivity index (χ3n) is 3.46. The third-order valence-corrected chi connectivity index (χ3v) is 3.71. The number of hydrogen-bond donors (Lipinski definition) is 1. The molecule has 0 saturated carbocycles. The lowest BCUT2D eigenvalue weighted by Gasteiger charge is -2.25. The fraction of sp³-hybridized carbons (Fsp3) is 0.375. The van der Waals surface area contributed by atoms with E-state index in [0.29, 0.717) is 6.54 Å². The Morgan fingerprint density at radius 2 is 1.90 bits per heavy atom. The predicted octanol–water partition coefficient (Wildman–Crippen LogP) is 3.63. The Balaban J connectivity index is 2.08. The van der Waals surface area contributed by atoms with E-state index in [0.717, 1.165) is 29.5 Å².